The SMILES string of the molecule is CCOc1cc(=O)n2c(c1C(=O)O)CCC2. The number of aromatic nitrogens is 1. The Kier molecular flexibility index (Phi) is 2.68. The summed E-state index contributed by atoms with van der Waals surface area (Å²) in [6.45, 7) is 2.71. The maximum absolute atomic E-state index is 11.7. The molecule has 1 aromatic heterocycles. The maximum Gasteiger partial charge on any atom is 0.341 e. The molecule has 0 saturated heterocycles. The van der Waals surface area contributed by atoms with Crippen LogP contribution in [0, 0.1) is 0 Å². The van der Waals surface area contributed by atoms with Gasteiger partial charge in [-0.05, 0) is 19.8 Å². The predicted octanol–water partition coefficient (Wildman–Crippen LogP) is 0.891. The number of carboxylic acids is 1. The minimum Gasteiger partial charge on any atom is -0.493 e. The third-order valence-corrected chi connectivity index (χ3v) is 2.69. The van der Waals surface area contributed by atoms with E-state index in [2.05, 4.69) is 0 Å². The second-order valence-electron chi connectivity index (χ2n) is 3.66. The third kappa shape index (κ3) is 1.58. The molecule has 0 atom stereocenters. The quantitative estimate of drug-likeness (QED) is 0.826. The van der Waals surface area contributed by atoms with Gasteiger partial charge in [0.1, 0.15) is 11.3 Å². The molecule has 0 aliphatic carbocycles. The van der Waals surface area contributed by atoms with Gasteiger partial charge in [-0.1, -0.05) is 0 Å². The monoisotopic (exact) mass is 223 g/mol. The standard InChI is InChI=1S/C11H13NO4/c1-2-16-8-6-9(13)12-5-3-4-7(12)10(8)11(14)15/h6H,2-5H2,1H3,(H,14,15). The van der Waals surface area contributed by atoms with E-state index in [1.807, 2.05) is 0 Å². The van der Waals surface area contributed by atoms with Crippen LogP contribution in [-0.2, 0) is 13.0 Å². The van der Waals surface area contributed by atoms with Crippen LogP contribution in [0.15, 0.2) is 10.9 Å². The maximum atomic E-state index is 11.7. The fourth-order valence-electron chi connectivity index (χ4n) is 2.08. The number of hydrogen-bond acceptors (Lipinski definition) is 3. The van der Waals surface area contributed by atoms with Gasteiger partial charge >= 0.3 is 5.97 Å². The molecule has 2 rings (SSSR count). The van der Waals surface area contributed by atoms with Gasteiger partial charge in [0.25, 0.3) is 5.56 Å². The van der Waals surface area contributed by atoms with Gasteiger partial charge in [0.15, 0.2) is 0 Å². The van der Waals surface area contributed by atoms with E-state index in [4.69, 9.17) is 9.84 Å². The summed E-state index contributed by atoms with van der Waals surface area (Å²) in [6.07, 6.45) is 1.43. The van der Waals surface area contributed by atoms with Crippen molar-refractivity contribution in [2.75, 3.05) is 6.61 Å². The van der Waals surface area contributed by atoms with Gasteiger partial charge in [0, 0.05) is 18.3 Å². The molecule has 2 heterocycles. The molecular weight excluding hydrogens is 210 g/mol. The van der Waals surface area contributed by atoms with Crippen LogP contribution in [0.4, 0.5) is 0 Å². The van der Waals surface area contributed by atoms with Crippen molar-refractivity contribution in [2.45, 2.75) is 26.3 Å². The molecule has 0 fully saturated rings. The summed E-state index contributed by atoms with van der Waals surface area (Å²) in [5.74, 6) is -0.845. The Morgan fingerprint density at radius 1 is 1.62 bits per heavy atom. The molecule has 5 nitrogen and oxygen atoms in total. The average molecular weight is 223 g/mol. The van der Waals surface area contributed by atoms with Gasteiger partial charge in [-0.25, -0.2) is 4.79 Å². The van der Waals surface area contributed by atoms with E-state index < -0.39 is 5.97 Å². The van der Waals surface area contributed by atoms with E-state index in [-0.39, 0.29) is 16.9 Å². The van der Waals surface area contributed by atoms with Crippen LogP contribution < -0.4 is 10.3 Å². The normalized spacial score (nSPS) is 13.6. The highest BCUT2D eigenvalue weighted by molar-refractivity contribution is 5.92. The van der Waals surface area contributed by atoms with Crippen LogP contribution in [0.1, 0.15) is 29.4 Å². The minimum atomic E-state index is -1.03. The van der Waals surface area contributed by atoms with Crippen LogP contribution in [0.5, 0.6) is 5.75 Å². The van der Waals surface area contributed by atoms with Crippen molar-refractivity contribution in [1.82, 2.24) is 4.57 Å². The van der Waals surface area contributed by atoms with Crippen molar-refractivity contribution in [3.8, 4) is 5.75 Å². The van der Waals surface area contributed by atoms with Gasteiger partial charge in [-0.3, -0.25) is 4.79 Å². The third-order valence-electron chi connectivity index (χ3n) is 2.69. The van der Waals surface area contributed by atoms with Gasteiger partial charge in [0.2, 0.25) is 0 Å². The largest absolute Gasteiger partial charge is 0.493 e. The van der Waals surface area contributed by atoms with Gasteiger partial charge in [-0.2, -0.15) is 0 Å². The Hall–Kier alpha value is -1.78. The zero-order valence-corrected chi connectivity index (χ0v) is 9.02. The summed E-state index contributed by atoms with van der Waals surface area (Å²) in [5, 5.41) is 9.15. The molecule has 0 amide bonds. The van der Waals surface area contributed by atoms with Crippen molar-refractivity contribution in [3.63, 3.8) is 0 Å². The van der Waals surface area contributed by atoms with E-state index in [0.29, 0.717) is 25.3 Å². The van der Waals surface area contributed by atoms with E-state index in [1.165, 1.54) is 10.6 Å². The zero-order chi connectivity index (χ0) is 11.7. The molecule has 0 bridgehead atoms. The fraction of sp³-hybridized carbons (Fsp3) is 0.455. The number of aromatic carboxylic acids is 1. The van der Waals surface area contributed by atoms with Crippen LogP contribution >= 0.6 is 0 Å². The second-order valence-corrected chi connectivity index (χ2v) is 3.66. The van der Waals surface area contributed by atoms with Crippen molar-refractivity contribution in [3.05, 3.63) is 27.7 Å². The van der Waals surface area contributed by atoms with Gasteiger partial charge in [0.05, 0.1) is 6.61 Å². The number of hydrogen-bond donors (Lipinski definition) is 1. The lowest BCUT2D eigenvalue weighted by atomic mass is 10.1. The number of rotatable bonds is 3. The van der Waals surface area contributed by atoms with Crippen molar-refractivity contribution in [1.29, 1.82) is 0 Å². The Morgan fingerprint density at radius 3 is 3.00 bits per heavy atom. The summed E-state index contributed by atoms with van der Waals surface area (Å²) >= 11 is 0. The lowest BCUT2D eigenvalue weighted by molar-refractivity contribution is 0.0690. The van der Waals surface area contributed by atoms with Crippen LogP contribution in [0.2, 0.25) is 0 Å². The average Bonchev–Trinajstić information content (AvgIpc) is 2.66. The molecule has 1 aromatic rings. The summed E-state index contributed by atoms with van der Waals surface area (Å²) in [6, 6.07) is 1.27. The van der Waals surface area contributed by atoms with E-state index in [1.54, 1.807) is 6.92 Å². The highest BCUT2D eigenvalue weighted by Crippen LogP contribution is 2.25. The molecule has 5 heteroatoms. The Bertz CT molecular complexity index is 489. The predicted molar refractivity (Wildman–Crippen MR) is 57.2 cm³/mol. The first-order valence-corrected chi connectivity index (χ1v) is 5.28. The van der Waals surface area contributed by atoms with E-state index in [0.717, 1.165) is 6.42 Å². The number of fused-ring (bicyclic) bond motifs is 1. The van der Waals surface area contributed by atoms with Crippen LogP contribution in [0.3, 0.4) is 0 Å². The summed E-state index contributed by atoms with van der Waals surface area (Å²) in [7, 11) is 0. The lowest BCUT2D eigenvalue weighted by Crippen LogP contribution is -2.22. The minimum absolute atomic E-state index is 0.138. The van der Waals surface area contributed by atoms with E-state index >= 15 is 0 Å². The molecule has 0 spiro atoms. The Morgan fingerprint density at radius 2 is 2.38 bits per heavy atom. The fourth-order valence-corrected chi connectivity index (χ4v) is 2.08. The van der Waals surface area contributed by atoms with Crippen molar-refractivity contribution < 1.29 is 14.6 Å². The number of pyridine rings is 1. The first kappa shape index (κ1) is 10.7. The first-order chi connectivity index (χ1) is 7.65. The lowest BCUT2D eigenvalue weighted by Gasteiger charge is -2.11. The number of ether oxygens (including phenoxy) is 1. The molecule has 86 valence electrons. The highest BCUT2D eigenvalue weighted by Gasteiger charge is 2.24. The molecule has 16 heavy (non-hydrogen) atoms. The summed E-state index contributed by atoms with van der Waals surface area (Å²) < 4.78 is 6.73. The summed E-state index contributed by atoms with van der Waals surface area (Å²) in [4.78, 5) is 22.8. The van der Waals surface area contributed by atoms with Gasteiger partial charge < -0.3 is 14.4 Å². The van der Waals surface area contributed by atoms with Crippen LogP contribution in [0.25, 0.3) is 0 Å². The molecular formula is C11H13NO4. The van der Waals surface area contributed by atoms with E-state index in [9.17, 15) is 9.59 Å². The molecule has 1 N–H and O–H groups in total. The second kappa shape index (κ2) is 4.00. The number of carboxylic acid groups (broad SMARTS) is 1. The Balaban J connectivity index is 2.67. The van der Waals surface area contributed by atoms with Crippen molar-refractivity contribution >= 4 is 5.97 Å². The number of nitrogens with zero attached hydrogens (tertiary/aromatic N) is 1. The van der Waals surface area contributed by atoms with Gasteiger partial charge in [-0.15, -0.1) is 0 Å². The summed E-state index contributed by atoms with van der Waals surface area (Å²) in [5.41, 5.74) is 0.545. The Labute approximate surface area is 92.3 Å². The molecule has 0 radical (unpaired) electrons. The zero-order valence-electron chi connectivity index (χ0n) is 9.02. The number of carbonyl (C=O) groups is 1. The molecule has 0 aromatic carbocycles. The highest BCUT2D eigenvalue weighted by atomic mass is 16.5. The smallest absolute Gasteiger partial charge is 0.341 e. The molecule has 0 saturated carbocycles. The molecule has 1 aliphatic rings. The molecule has 1 aliphatic heterocycles. The van der Waals surface area contributed by atoms with Crippen LogP contribution in [-0.4, -0.2) is 22.2 Å². The van der Waals surface area contributed by atoms with Crippen molar-refractivity contribution in [2.24, 2.45) is 0 Å². The molecule has 0 unspecified atom stereocenters. The first-order valence-electron chi connectivity index (χ1n) is 5.28. The topological polar surface area (TPSA) is 68.5 Å².